The number of thiazole rings is 1. The third-order valence-electron chi connectivity index (χ3n) is 3.13. The molecular weight excluding hydrogens is 270 g/mol. The number of carbonyl (C=O) groups is 1. The monoisotopic (exact) mass is 285 g/mol. The Morgan fingerprint density at radius 2 is 2.15 bits per heavy atom. The first-order valence-corrected chi connectivity index (χ1v) is 7.21. The average molecular weight is 285 g/mol. The molecule has 4 nitrogen and oxygen atoms in total. The Labute approximate surface area is 122 Å². The van der Waals surface area contributed by atoms with Gasteiger partial charge in [-0.3, -0.25) is 4.79 Å². The van der Waals surface area contributed by atoms with E-state index >= 15 is 0 Å². The smallest absolute Gasteiger partial charge is 0.233 e. The average Bonchev–Trinajstić information content (AvgIpc) is 2.94. The van der Waals surface area contributed by atoms with Gasteiger partial charge in [0.25, 0.3) is 0 Å². The van der Waals surface area contributed by atoms with Gasteiger partial charge in [-0.15, -0.1) is 0 Å². The van der Waals surface area contributed by atoms with Crippen molar-refractivity contribution in [1.82, 2.24) is 4.98 Å². The molecule has 1 aromatic carbocycles. The number of nitrogens with one attached hydrogen (secondary N) is 1. The largest absolute Gasteiger partial charge is 0.301 e. The summed E-state index contributed by atoms with van der Waals surface area (Å²) in [7, 11) is 0. The topological polar surface area (TPSA) is 65.8 Å². The van der Waals surface area contributed by atoms with Crippen molar-refractivity contribution in [3.63, 3.8) is 0 Å². The minimum absolute atomic E-state index is 0.118. The first-order valence-electron chi connectivity index (χ1n) is 6.39. The van der Waals surface area contributed by atoms with Gasteiger partial charge in [0.2, 0.25) is 5.91 Å². The van der Waals surface area contributed by atoms with Crippen molar-refractivity contribution in [3.8, 4) is 6.07 Å². The number of anilines is 1. The molecule has 0 saturated heterocycles. The van der Waals surface area contributed by atoms with Gasteiger partial charge in [0, 0.05) is 0 Å². The van der Waals surface area contributed by atoms with Crippen molar-refractivity contribution in [3.05, 3.63) is 46.5 Å². The van der Waals surface area contributed by atoms with Crippen molar-refractivity contribution < 1.29 is 4.79 Å². The van der Waals surface area contributed by atoms with Crippen LogP contribution in [0.3, 0.4) is 0 Å². The van der Waals surface area contributed by atoms with Gasteiger partial charge in [-0.2, -0.15) is 5.26 Å². The van der Waals surface area contributed by atoms with Gasteiger partial charge in [0.1, 0.15) is 10.9 Å². The fraction of sp³-hybridized carbons (Fsp3) is 0.267. The van der Waals surface area contributed by atoms with E-state index in [9.17, 15) is 4.79 Å². The summed E-state index contributed by atoms with van der Waals surface area (Å²) in [5.41, 5.74) is 2.22. The highest BCUT2D eigenvalue weighted by Gasteiger charge is 2.16. The lowest BCUT2D eigenvalue weighted by molar-refractivity contribution is -0.117. The summed E-state index contributed by atoms with van der Waals surface area (Å²) in [6.07, 6.45) is 2.44. The predicted molar refractivity (Wildman–Crippen MR) is 79.7 cm³/mol. The summed E-state index contributed by atoms with van der Waals surface area (Å²) in [6, 6.07) is 10.0. The van der Waals surface area contributed by atoms with E-state index in [0.29, 0.717) is 10.0 Å². The zero-order chi connectivity index (χ0) is 14.5. The predicted octanol–water partition coefficient (Wildman–Crippen LogP) is 3.32. The summed E-state index contributed by atoms with van der Waals surface area (Å²) in [5.74, 6) is -0.372. The molecule has 0 aliphatic rings. The zero-order valence-electron chi connectivity index (χ0n) is 11.4. The van der Waals surface area contributed by atoms with Crippen LogP contribution in [0.25, 0.3) is 0 Å². The Kier molecular flexibility index (Phi) is 4.49. The summed E-state index contributed by atoms with van der Waals surface area (Å²) in [5, 5.41) is 11.9. The normalized spacial score (nSPS) is 11.7. The molecule has 1 N–H and O–H groups in total. The van der Waals surface area contributed by atoms with E-state index in [-0.39, 0.29) is 11.8 Å². The molecule has 0 aliphatic heterocycles. The summed E-state index contributed by atoms with van der Waals surface area (Å²) in [6.45, 7) is 3.95. The number of benzene rings is 1. The highest BCUT2D eigenvalue weighted by atomic mass is 32.1. The molecule has 0 saturated carbocycles. The summed E-state index contributed by atoms with van der Waals surface area (Å²) >= 11 is 1.18. The molecule has 0 aliphatic carbocycles. The van der Waals surface area contributed by atoms with E-state index < -0.39 is 0 Å². The van der Waals surface area contributed by atoms with Crippen LogP contribution in [0.2, 0.25) is 0 Å². The second-order valence-corrected chi connectivity index (χ2v) is 5.48. The fourth-order valence-corrected chi connectivity index (χ4v) is 2.41. The number of hydrogen-bond acceptors (Lipinski definition) is 4. The van der Waals surface area contributed by atoms with Crippen molar-refractivity contribution in [2.75, 3.05) is 5.32 Å². The van der Waals surface area contributed by atoms with Crippen molar-refractivity contribution in [1.29, 1.82) is 5.26 Å². The zero-order valence-corrected chi connectivity index (χ0v) is 12.2. The lowest BCUT2D eigenvalue weighted by Crippen LogP contribution is -2.18. The molecule has 2 rings (SSSR count). The number of nitriles is 1. The third kappa shape index (κ3) is 3.22. The van der Waals surface area contributed by atoms with Crippen LogP contribution in [0.5, 0.6) is 0 Å². The maximum absolute atomic E-state index is 12.1. The number of carbonyl (C=O) groups excluding carboxylic acids is 1. The fourth-order valence-electron chi connectivity index (χ4n) is 1.79. The van der Waals surface area contributed by atoms with E-state index in [1.165, 1.54) is 23.1 Å². The molecule has 1 aromatic heterocycles. The highest BCUT2D eigenvalue weighted by Crippen LogP contribution is 2.21. The lowest BCUT2D eigenvalue weighted by atomic mass is 9.98. The van der Waals surface area contributed by atoms with Crippen molar-refractivity contribution >= 4 is 22.4 Å². The van der Waals surface area contributed by atoms with E-state index in [4.69, 9.17) is 5.26 Å². The Morgan fingerprint density at radius 3 is 2.70 bits per heavy atom. The Bertz CT molecular complexity index is 640. The quantitative estimate of drug-likeness (QED) is 0.937. The molecule has 0 radical (unpaired) electrons. The molecule has 102 valence electrons. The van der Waals surface area contributed by atoms with Crippen LogP contribution in [0.15, 0.2) is 30.5 Å². The molecular formula is C15H15N3OS. The van der Waals surface area contributed by atoms with E-state index in [2.05, 4.69) is 17.2 Å². The first kappa shape index (κ1) is 14.2. The molecule has 0 bridgehead atoms. The summed E-state index contributed by atoms with van der Waals surface area (Å²) in [4.78, 5) is 16.6. The number of aromatic nitrogens is 1. The van der Waals surface area contributed by atoms with Crippen LogP contribution in [0.1, 0.15) is 35.8 Å². The maximum atomic E-state index is 12.1. The molecule has 1 unspecified atom stereocenters. The molecule has 0 fully saturated rings. The lowest BCUT2D eigenvalue weighted by Gasteiger charge is -2.11. The minimum Gasteiger partial charge on any atom is -0.301 e. The van der Waals surface area contributed by atoms with Gasteiger partial charge < -0.3 is 5.32 Å². The molecule has 5 heteroatoms. The van der Waals surface area contributed by atoms with Gasteiger partial charge in [-0.25, -0.2) is 4.98 Å². The van der Waals surface area contributed by atoms with Gasteiger partial charge in [-0.1, -0.05) is 42.5 Å². The van der Waals surface area contributed by atoms with Gasteiger partial charge in [-0.05, 0) is 24.5 Å². The van der Waals surface area contributed by atoms with Crippen LogP contribution >= 0.6 is 11.3 Å². The number of aryl methyl sites for hydroxylation is 1. The van der Waals surface area contributed by atoms with Crippen LogP contribution in [0.4, 0.5) is 5.13 Å². The van der Waals surface area contributed by atoms with E-state index in [1.54, 1.807) is 0 Å². The molecule has 2 aromatic rings. The Hall–Kier alpha value is -2.19. The van der Waals surface area contributed by atoms with Crippen LogP contribution in [-0.4, -0.2) is 10.9 Å². The number of amides is 1. The molecule has 1 heterocycles. The number of rotatable bonds is 4. The first-order chi connectivity index (χ1) is 9.63. The van der Waals surface area contributed by atoms with Gasteiger partial charge in [0.15, 0.2) is 5.13 Å². The van der Waals surface area contributed by atoms with Gasteiger partial charge in [0.05, 0.1) is 12.1 Å². The SMILES string of the molecule is CCc1ccc(C(C)C(=O)Nc2ncc(C#N)s2)cc1. The Balaban J connectivity index is 2.06. The van der Waals surface area contributed by atoms with E-state index in [1.807, 2.05) is 37.3 Å². The second-order valence-electron chi connectivity index (χ2n) is 4.45. The summed E-state index contributed by atoms with van der Waals surface area (Å²) < 4.78 is 0. The van der Waals surface area contributed by atoms with Gasteiger partial charge >= 0.3 is 0 Å². The molecule has 20 heavy (non-hydrogen) atoms. The van der Waals surface area contributed by atoms with Crippen molar-refractivity contribution in [2.45, 2.75) is 26.2 Å². The Morgan fingerprint density at radius 1 is 1.45 bits per heavy atom. The molecule has 1 amide bonds. The van der Waals surface area contributed by atoms with Crippen molar-refractivity contribution in [2.24, 2.45) is 0 Å². The number of hydrogen-bond donors (Lipinski definition) is 1. The standard InChI is InChI=1S/C15H15N3OS/c1-3-11-4-6-12(7-5-11)10(2)14(19)18-15-17-9-13(8-16)20-15/h4-7,9-10H,3H2,1-2H3,(H,17,18,19). The van der Waals surface area contributed by atoms with Crippen LogP contribution < -0.4 is 5.32 Å². The highest BCUT2D eigenvalue weighted by molar-refractivity contribution is 7.16. The molecule has 0 spiro atoms. The van der Waals surface area contributed by atoms with Crippen LogP contribution in [0, 0.1) is 11.3 Å². The minimum atomic E-state index is -0.254. The second kappa shape index (κ2) is 6.31. The molecule has 1 atom stereocenters. The number of nitrogens with zero attached hydrogens (tertiary/aromatic N) is 2. The van der Waals surface area contributed by atoms with E-state index in [0.717, 1.165) is 12.0 Å². The van der Waals surface area contributed by atoms with Crippen LogP contribution in [-0.2, 0) is 11.2 Å². The third-order valence-corrected chi connectivity index (χ3v) is 3.94. The maximum Gasteiger partial charge on any atom is 0.233 e.